The van der Waals surface area contributed by atoms with Gasteiger partial charge in [-0.1, -0.05) is 55.7 Å². The largest absolute Gasteiger partial charge is 0.534 e. The predicted molar refractivity (Wildman–Crippen MR) is 96.1 cm³/mol. The summed E-state index contributed by atoms with van der Waals surface area (Å²) in [6.07, 6.45) is 5.07. The molecular weight excluding hydrogens is 377 g/mol. The SMILES string of the molecule is O=S(=O)(Oc1c(C2CCCCC2)ccc2c1Cc1ccccc1-2)C(F)(F)F. The van der Waals surface area contributed by atoms with Crippen LogP contribution in [-0.2, 0) is 16.5 Å². The zero-order valence-electron chi connectivity index (χ0n) is 14.6. The number of benzene rings is 2. The Hall–Kier alpha value is -2.02. The van der Waals surface area contributed by atoms with Crippen LogP contribution in [0.5, 0.6) is 5.75 Å². The van der Waals surface area contributed by atoms with E-state index in [1.807, 2.05) is 30.3 Å². The molecule has 0 aromatic heterocycles. The van der Waals surface area contributed by atoms with Crippen molar-refractivity contribution in [2.45, 2.75) is 50.0 Å². The van der Waals surface area contributed by atoms with Crippen molar-refractivity contribution in [3.63, 3.8) is 0 Å². The van der Waals surface area contributed by atoms with Crippen molar-refractivity contribution in [2.24, 2.45) is 0 Å². The lowest BCUT2D eigenvalue weighted by Crippen LogP contribution is -2.29. The monoisotopic (exact) mass is 396 g/mol. The number of hydrogen-bond acceptors (Lipinski definition) is 3. The Morgan fingerprint density at radius 1 is 0.926 bits per heavy atom. The van der Waals surface area contributed by atoms with Crippen molar-refractivity contribution in [3.05, 3.63) is 53.1 Å². The minimum absolute atomic E-state index is 0.0196. The summed E-state index contributed by atoms with van der Waals surface area (Å²) in [5, 5.41) is 0. The molecule has 3 nitrogen and oxygen atoms in total. The van der Waals surface area contributed by atoms with Crippen LogP contribution in [0.3, 0.4) is 0 Å². The molecule has 0 amide bonds. The van der Waals surface area contributed by atoms with Gasteiger partial charge < -0.3 is 4.18 Å². The lowest BCUT2D eigenvalue weighted by Gasteiger charge is -2.25. The highest BCUT2D eigenvalue weighted by atomic mass is 32.2. The standard InChI is InChI=1S/C20H19F3O3S/c21-20(22,23)27(24,25)26-19-16(13-6-2-1-3-7-13)10-11-17-15-9-5-4-8-14(15)12-18(17)19/h4-5,8-11,13H,1-3,6-7,12H2. The summed E-state index contributed by atoms with van der Waals surface area (Å²) in [4.78, 5) is 0. The van der Waals surface area contributed by atoms with E-state index < -0.39 is 15.6 Å². The van der Waals surface area contributed by atoms with Gasteiger partial charge in [0.05, 0.1) is 0 Å². The second-order valence-corrected chi connectivity index (χ2v) is 8.70. The summed E-state index contributed by atoms with van der Waals surface area (Å²) in [7, 11) is -5.72. The quantitative estimate of drug-likeness (QED) is 0.432. The molecule has 0 N–H and O–H groups in total. The van der Waals surface area contributed by atoms with Gasteiger partial charge in [0.25, 0.3) is 0 Å². The van der Waals surface area contributed by atoms with Gasteiger partial charge in [0, 0.05) is 12.0 Å². The number of hydrogen-bond donors (Lipinski definition) is 0. The third-order valence-electron chi connectivity index (χ3n) is 5.49. The van der Waals surface area contributed by atoms with Crippen LogP contribution in [-0.4, -0.2) is 13.9 Å². The highest BCUT2D eigenvalue weighted by molar-refractivity contribution is 7.88. The molecule has 0 atom stereocenters. The average Bonchev–Trinajstić information content (AvgIpc) is 3.01. The molecule has 0 radical (unpaired) electrons. The first-order valence-corrected chi connectivity index (χ1v) is 10.4. The van der Waals surface area contributed by atoms with Gasteiger partial charge in [0.15, 0.2) is 5.75 Å². The van der Waals surface area contributed by atoms with E-state index in [1.165, 1.54) is 0 Å². The Labute approximate surface area is 156 Å². The van der Waals surface area contributed by atoms with Crippen LogP contribution in [0.15, 0.2) is 36.4 Å². The van der Waals surface area contributed by atoms with E-state index in [1.54, 1.807) is 6.07 Å². The number of fused-ring (bicyclic) bond motifs is 3. The Morgan fingerprint density at radius 2 is 1.63 bits per heavy atom. The molecule has 0 unspecified atom stereocenters. The molecule has 2 aromatic rings. The molecule has 0 aliphatic heterocycles. The normalized spacial score (nSPS) is 17.4. The summed E-state index contributed by atoms with van der Waals surface area (Å²) in [6.45, 7) is 0. The molecule has 2 aliphatic rings. The summed E-state index contributed by atoms with van der Waals surface area (Å²) in [6, 6.07) is 11.1. The van der Waals surface area contributed by atoms with E-state index >= 15 is 0 Å². The molecule has 1 saturated carbocycles. The molecule has 144 valence electrons. The maximum atomic E-state index is 13.0. The zero-order chi connectivity index (χ0) is 19.2. The molecule has 0 spiro atoms. The van der Waals surface area contributed by atoms with Crippen molar-refractivity contribution in [2.75, 3.05) is 0 Å². The highest BCUT2D eigenvalue weighted by Crippen LogP contribution is 2.48. The van der Waals surface area contributed by atoms with Crippen LogP contribution in [0, 0.1) is 0 Å². The number of halogens is 3. The fourth-order valence-corrected chi connectivity index (χ4v) is 4.70. The molecule has 0 saturated heterocycles. The van der Waals surface area contributed by atoms with Crippen LogP contribution >= 0.6 is 0 Å². The first-order chi connectivity index (χ1) is 12.8. The van der Waals surface area contributed by atoms with E-state index in [0.717, 1.165) is 48.8 Å². The van der Waals surface area contributed by atoms with Crippen molar-refractivity contribution < 1.29 is 25.8 Å². The molecule has 0 heterocycles. The lowest BCUT2D eigenvalue weighted by atomic mass is 9.82. The summed E-state index contributed by atoms with van der Waals surface area (Å²) >= 11 is 0. The van der Waals surface area contributed by atoms with Crippen LogP contribution in [0.25, 0.3) is 11.1 Å². The van der Waals surface area contributed by atoms with E-state index in [0.29, 0.717) is 17.5 Å². The van der Waals surface area contributed by atoms with Gasteiger partial charge in [-0.2, -0.15) is 21.6 Å². The maximum absolute atomic E-state index is 13.0. The molecule has 2 aliphatic carbocycles. The minimum atomic E-state index is -5.72. The van der Waals surface area contributed by atoms with E-state index in [9.17, 15) is 21.6 Å². The van der Waals surface area contributed by atoms with E-state index in [4.69, 9.17) is 4.18 Å². The van der Waals surface area contributed by atoms with Crippen LogP contribution in [0.4, 0.5) is 13.2 Å². The number of rotatable bonds is 3. The molecule has 1 fully saturated rings. The van der Waals surface area contributed by atoms with Gasteiger partial charge in [-0.25, -0.2) is 0 Å². The van der Waals surface area contributed by atoms with Crippen molar-refractivity contribution in [3.8, 4) is 16.9 Å². The molecule has 27 heavy (non-hydrogen) atoms. The maximum Gasteiger partial charge on any atom is 0.534 e. The fraction of sp³-hybridized carbons (Fsp3) is 0.400. The Balaban J connectivity index is 1.85. The zero-order valence-corrected chi connectivity index (χ0v) is 15.4. The second kappa shape index (κ2) is 6.55. The molecular formula is C20H19F3O3S. The predicted octanol–water partition coefficient (Wildman–Crippen LogP) is 5.53. The van der Waals surface area contributed by atoms with Gasteiger partial charge in [0.1, 0.15) is 0 Å². The Bertz CT molecular complexity index is 974. The van der Waals surface area contributed by atoms with Crippen LogP contribution in [0.1, 0.15) is 54.7 Å². The first-order valence-electron chi connectivity index (χ1n) is 9.03. The van der Waals surface area contributed by atoms with Crippen molar-refractivity contribution in [1.29, 1.82) is 0 Å². The number of alkyl halides is 3. The average molecular weight is 396 g/mol. The Morgan fingerprint density at radius 3 is 2.33 bits per heavy atom. The molecule has 7 heteroatoms. The van der Waals surface area contributed by atoms with Crippen molar-refractivity contribution >= 4 is 10.1 Å². The van der Waals surface area contributed by atoms with Gasteiger partial charge in [-0.3, -0.25) is 0 Å². The smallest absolute Gasteiger partial charge is 0.375 e. The van der Waals surface area contributed by atoms with E-state index in [-0.39, 0.29) is 11.7 Å². The first kappa shape index (κ1) is 18.3. The van der Waals surface area contributed by atoms with Crippen LogP contribution < -0.4 is 4.18 Å². The highest BCUT2D eigenvalue weighted by Gasteiger charge is 2.49. The topological polar surface area (TPSA) is 43.4 Å². The molecule has 0 bridgehead atoms. The summed E-state index contributed by atoms with van der Waals surface area (Å²) in [5.41, 5.74) is -1.72. The van der Waals surface area contributed by atoms with Gasteiger partial charge >= 0.3 is 15.6 Å². The summed E-state index contributed by atoms with van der Waals surface area (Å²) < 4.78 is 67.3. The van der Waals surface area contributed by atoms with E-state index in [2.05, 4.69) is 0 Å². The van der Waals surface area contributed by atoms with Gasteiger partial charge in [-0.05, 0) is 41.0 Å². The second-order valence-electron chi connectivity index (χ2n) is 7.16. The van der Waals surface area contributed by atoms with Crippen molar-refractivity contribution in [1.82, 2.24) is 0 Å². The molecule has 4 rings (SSSR count). The Kier molecular flexibility index (Phi) is 4.45. The van der Waals surface area contributed by atoms with Gasteiger partial charge in [-0.15, -0.1) is 0 Å². The van der Waals surface area contributed by atoms with Gasteiger partial charge in [0.2, 0.25) is 0 Å². The minimum Gasteiger partial charge on any atom is -0.375 e. The fourth-order valence-electron chi connectivity index (χ4n) is 4.19. The van der Waals surface area contributed by atoms with Crippen LogP contribution in [0.2, 0.25) is 0 Å². The third kappa shape index (κ3) is 3.22. The summed E-state index contributed by atoms with van der Waals surface area (Å²) in [5.74, 6) is -0.0980. The molecule has 2 aromatic carbocycles. The third-order valence-corrected chi connectivity index (χ3v) is 6.44. The lowest BCUT2D eigenvalue weighted by molar-refractivity contribution is -0.0500.